The van der Waals surface area contributed by atoms with E-state index < -0.39 is 23.3 Å². The van der Waals surface area contributed by atoms with Gasteiger partial charge in [-0.05, 0) is 0 Å². The summed E-state index contributed by atoms with van der Waals surface area (Å²) in [6.45, 7) is 0. The van der Waals surface area contributed by atoms with E-state index in [0.717, 1.165) is 12.5 Å². The van der Waals surface area contributed by atoms with E-state index >= 15 is 0 Å². The Balaban J connectivity index is 3.26. The largest absolute Gasteiger partial charge is 0.465 e. The Hall–Kier alpha value is -0.750. The van der Waals surface area contributed by atoms with Crippen LogP contribution in [0.5, 0.6) is 0 Å². The second-order valence-electron chi connectivity index (χ2n) is 2.29. The van der Waals surface area contributed by atoms with Crippen molar-refractivity contribution in [3.8, 4) is 0 Å². The molecule has 14 heavy (non-hydrogen) atoms. The van der Waals surface area contributed by atoms with E-state index in [9.17, 15) is 18.0 Å². The molecule has 0 aliphatic carbocycles. The van der Waals surface area contributed by atoms with Crippen LogP contribution in [0.15, 0.2) is 5.38 Å². The summed E-state index contributed by atoms with van der Waals surface area (Å²) >= 11 is 6.09. The topological polar surface area (TPSA) is 26.3 Å². The van der Waals surface area contributed by atoms with Gasteiger partial charge in [0.2, 0.25) is 0 Å². The molecule has 1 aromatic rings. The van der Waals surface area contributed by atoms with Crippen LogP contribution >= 0.6 is 22.9 Å². The standard InChI is InChI=1S/C7H4ClF3O2S/c1-13-6(12)4-3(7(9,10)11)2-14-5(4)8/h2H,1H3. The van der Waals surface area contributed by atoms with Crippen molar-refractivity contribution in [2.75, 3.05) is 7.11 Å². The molecule has 0 aliphatic heterocycles. The van der Waals surface area contributed by atoms with Crippen LogP contribution in [0.1, 0.15) is 15.9 Å². The van der Waals surface area contributed by atoms with Crippen molar-refractivity contribution in [3.05, 3.63) is 20.8 Å². The molecule has 0 atom stereocenters. The molecule has 0 amide bonds. The Morgan fingerprint density at radius 1 is 1.57 bits per heavy atom. The monoisotopic (exact) mass is 244 g/mol. The van der Waals surface area contributed by atoms with Crippen molar-refractivity contribution in [3.63, 3.8) is 0 Å². The quantitative estimate of drug-likeness (QED) is 0.709. The lowest BCUT2D eigenvalue weighted by Gasteiger charge is -2.06. The maximum atomic E-state index is 12.3. The van der Waals surface area contributed by atoms with Gasteiger partial charge in [-0.3, -0.25) is 0 Å². The van der Waals surface area contributed by atoms with Gasteiger partial charge in [0, 0.05) is 5.38 Å². The summed E-state index contributed by atoms with van der Waals surface area (Å²) in [5, 5.41) is 0.786. The molecule has 0 aromatic carbocycles. The molecule has 0 saturated carbocycles. The number of esters is 1. The molecule has 1 aromatic heterocycles. The van der Waals surface area contributed by atoms with Crippen molar-refractivity contribution < 1.29 is 22.7 Å². The van der Waals surface area contributed by atoms with Gasteiger partial charge in [-0.15, -0.1) is 11.3 Å². The Labute approximate surface area is 86.2 Å². The normalized spacial score (nSPS) is 11.5. The van der Waals surface area contributed by atoms with E-state index in [1.54, 1.807) is 0 Å². The van der Waals surface area contributed by atoms with Gasteiger partial charge in [0.05, 0.1) is 12.7 Å². The molecule has 0 radical (unpaired) electrons. The van der Waals surface area contributed by atoms with Crippen LogP contribution in [0.4, 0.5) is 13.2 Å². The second-order valence-corrected chi connectivity index (χ2v) is 3.77. The maximum absolute atomic E-state index is 12.3. The van der Waals surface area contributed by atoms with Gasteiger partial charge in [0.25, 0.3) is 0 Å². The summed E-state index contributed by atoms with van der Waals surface area (Å²) < 4.78 is 40.9. The molecule has 0 unspecified atom stereocenters. The number of alkyl halides is 3. The molecular formula is C7H4ClF3O2S. The van der Waals surface area contributed by atoms with E-state index in [1.807, 2.05) is 0 Å². The van der Waals surface area contributed by atoms with Gasteiger partial charge in [-0.1, -0.05) is 11.6 Å². The van der Waals surface area contributed by atoms with Crippen molar-refractivity contribution in [2.45, 2.75) is 6.18 Å². The van der Waals surface area contributed by atoms with E-state index in [1.165, 1.54) is 0 Å². The number of hydrogen-bond acceptors (Lipinski definition) is 3. The zero-order valence-corrected chi connectivity index (χ0v) is 8.39. The number of rotatable bonds is 1. The minimum Gasteiger partial charge on any atom is -0.465 e. The second kappa shape index (κ2) is 3.78. The first-order valence-electron chi connectivity index (χ1n) is 3.30. The molecule has 0 fully saturated rings. The van der Waals surface area contributed by atoms with Crippen LogP contribution < -0.4 is 0 Å². The van der Waals surface area contributed by atoms with E-state index in [4.69, 9.17) is 11.6 Å². The van der Waals surface area contributed by atoms with Crippen LogP contribution in [0, 0.1) is 0 Å². The molecular weight excluding hydrogens is 241 g/mol. The van der Waals surface area contributed by atoms with Crippen molar-refractivity contribution in [1.29, 1.82) is 0 Å². The average molecular weight is 245 g/mol. The van der Waals surface area contributed by atoms with Crippen LogP contribution in [0.2, 0.25) is 4.34 Å². The Morgan fingerprint density at radius 3 is 2.57 bits per heavy atom. The summed E-state index contributed by atoms with van der Waals surface area (Å²) in [5.74, 6) is -1.08. The van der Waals surface area contributed by atoms with Crippen LogP contribution in [-0.4, -0.2) is 13.1 Å². The van der Waals surface area contributed by atoms with Gasteiger partial charge in [0.1, 0.15) is 9.90 Å². The highest BCUT2D eigenvalue weighted by molar-refractivity contribution is 7.15. The van der Waals surface area contributed by atoms with Crippen LogP contribution in [0.3, 0.4) is 0 Å². The summed E-state index contributed by atoms with van der Waals surface area (Å²) in [4.78, 5) is 11.0. The first-order chi connectivity index (χ1) is 6.38. The van der Waals surface area contributed by atoms with Crippen molar-refractivity contribution in [1.82, 2.24) is 0 Å². The Bertz CT molecular complexity index is 358. The highest BCUT2D eigenvalue weighted by Gasteiger charge is 2.38. The van der Waals surface area contributed by atoms with Gasteiger partial charge in [0.15, 0.2) is 0 Å². The molecule has 0 spiro atoms. The summed E-state index contributed by atoms with van der Waals surface area (Å²) in [7, 11) is 0.997. The summed E-state index contributed by atoms with van der Waals surface area (Å²) in [6.07, 6.45) is -4.59. The number of ether oxygens (including phenoxy) is 1. The number of halogens is 4. The number of carbonyl (C=O) groups excluding carboxylic acids is 1. The first-order valence-corrected chi connectivity index (χ1v) is 4.56. The highest BCUT2D eigenvalue weighted by Crippen LogP contribution is 2.39. The lowest BCUT2D eigenvalue weighted by Crippen LogP contribution is -2.11. The number of methoxy groups -OCH3 is 1. The van der Waals surface area contributed by atoms with Crippen molar-refractivity contribution >= 4 is 28.9 Å². The third-order valence-electron chi connectivity index (χ3n) is 1.44. The fraction of sp³-hybridized carbons (Fsp3) is 0.286. The Kier molecular flexibility index (Phi) is 3.06. The third kappa shape index (κ3) is 2.01. The fourth-order valence-electron chi connectivity index (χ4n) is 0.835. The van der Waals surface area contributed by atoms with E-state index in [-0.39, 0.29) is 4.34 Å². The van der Waals surface area contributed by atoms with Gasteiger partial charge in [-0.2, -0.15) is 13.2 Å². The van der Waals surface area contributed by atoms with Gasteiger partial charge >= 0.3 is 12.1 Å². The van der Waals surface area contributed by atoms with Crippen molar-refractivity contribution in [2.24, 2.45) is 0 Å². The molecule has 7 heteroatoms. The van der Waals surface area contributed by atoms with Gasteiger partial charge in [-0.25, -0.2) is 4.79 Å². The Morgan fingerprint density at radius 2 is 2.14 bits per heavy atom. The minimum atomic E-state index is -4.59. The molecule has 2 nitrogen and oxygen atoms in total. The zero-order chi connectivity index (χ0) is 10.9. The molecule has 0 bridgehead atoms. The van der Waals surface area contributed by atoms with Gasteiger partial charge < -0.3 is 4.74 Å². The molecule has 0 saturated heterocycles. The number of carbonyl (C=O) groups is 1. The predicted molar refractivity (Wildman–Crippen MR) is 45.7 cm³/mol. The number of hydrogen-bond donors (Lipinski definition) is 0. The summed E-state index contributed by atoms with van der Waals surface area (Å²) in [6, 6.07) is 0. The average Bonchev–Trinajstić information content (AvgIpc) is 2.45. The lowest BCUT2D eigenvalue weighted by atomic mass is 10.2. The highest BCUT2D eigenvalue weighted by atomic mass is 35.5. The smallest absolute Gasteiger partial charge is 0.418 e. The molecule has 1 rings (SSSR count). The first kappa shape index (κ1) is 11.3. The molecule has 78 valence electrons. The lowest BCUT2D eigenvalue weighted by molar-refractivity contribution is -0.137. The molecule has 1 heterocycles. The molecule has 0 aliphatic rings. The minimum absolute atomic E-state index is 0.218. The SMILES string of the molecule is COC(=O)c1c(C(F)(F)F)csc1Cl. The third-order valence-corrected chi connectivity index (χ3v) is 2.66. The summed E-state index contributed by atoms with van der Waals surface area (Å²) in [5.41, 5.74) is -1.67. The number of thiophene rings is 1. The predicted octanol–water partition coefficient (Wildman–Crippen LogP) is 3.21. The van der Waals surface area contributed by atoms with E-state index in [2.05, 4.69) is 4.74 Å². The fourth-order valence-corrected chi connectivity index (χ4v) is 1.93. The molecule has 0 N–H and O–H groups in total. The van der Waals surface area contributed by atoms with Crippen LogP contribution in [0.25, 0.3) is 0 Å². The maximum Gasteiger partial charge on any atom is 0.418 e. The van der Waals surface area contributed by atoms with Crippen LogP contribution in [-0.2, 0) is 10.9 Å². The van der Waals surface area contributed by atoms with E-state index in [0.29, 0.717) is 11.3 Å². The zero-order valence-electron chi connectivity index (χ0n) is 6.81.